The van der Waals surface area contributed by atoms with E-state index in [0.717, 1.165) is 44.2 Å². The number of fused-ring (bicyclic) bond motifs is 1. The topological polar surface area (TPSA) is 58.4 Å². The van der Waals surface area contributed by atoms with Crippen LogP contribution in [0.5, 0.6) is 0 Å². The summed E-state index contributed by atoms with van der Waals surface area (Å²) in [6.45, 7) is 5.10. The Bertz CT molecular complexity index is 473. The van der Waals surface area contributed by atoms with Gasteiger partial charge in [0.2, 0.25) is 0 Å². The highest BCUT2D eigenvalue weighted by molar-refractivity contribution is 5.33. The molecule has 1 aliphatic heterocycles. The highest BCUT2D eigenvalue weighted by Crippen LogP contribution is 2.05. The molecule has 3 rings (SSSR count). The van der Waals surface area contributed by atoms with Gasteiger partial charge < -0.3 is 5.32 Å². The SMILES string of the molecule is c1cn2c(CN3CCNCC3)nnc2cn1. The molecule has 2 aromatic rings. The quantitative estimate of drug-likeness (QED) is 0.738. The molecular weight excluding hydrogens is 204 g/mol. The summed E-state index contributed by atoms with van der Waals surface area (Å²) < 4.78 is 2.00. The Labute approximate surface area is 93.3 Å². The molecule has 0 radical (unpaired) electrons. The van der Waals surface area contributed by atoms with E-state index in [4.69, 9.17) is 0 Å². The molecule has 3 heterocycles. The van der Waals surface area contributed by atoms with Crippen LogP contribution in [0.3, 0.4) is 0 Å². The fourth-order valence-electron chi connectivity index (χ4n) is 1.98. The van der Waals surface area contributed by atoms with Crippen LogP contribution in [0.25, 0.3) is 5.65 Å². The predicted octanol–water partition coefficient (Wildman–Crippen LogP) is -0.471. The first-order valence-electron chi connectivity index (χ1n) is 5.50. The summed E-state index contributed by atoms with van der Waals surface area (Å²) in [5.41, 5.74) is 0.813. The molecule has 1 aliphatic rings. The van der Waals surface area contributed by atoms with Crippen LogP contribution in [0.1, 0.15) is 5.82 Å². The molecule has 1 N–H and O–H groups in total. The van der Waals surface area contributed by atoms with E-state index in [1.54, 1.807) is 12.4 Å². The molecule has 0 bridgehead atoms. The number of hydrogen-bond donors (Lipinski definition) is 1. The standard InChI is InChI=1S/C10H14N6/c1-4-15(5-2-11-1)8-10-14-13-9-7-12-3-6-16(9)10/h3,6-7,11H,1-2,4-5,8H2. The van der Waals surface area contributed by atoms with Crippen molar-refractivity contribution in [3.8, 4) is 0 Å². The summed E-state index contributed by atoms with van der Waals surface area (Å²) in [4.78, 5) is 6.41. The van der Waals surface area contributed by atoms with Crippen molar-refractivity contribution in [3.05, 3.63) is 24.4 Å². The largest absolute Gasteiger partial charge is 0.314 e. The fourth-order valence-corrected chi connectivity index (χ4v) is 1.98. The van der Waals surface area contributed by atoms with Gasteiger partial charge in [-0.25, -0.2) is 0 Å². The lowest BCUT2D eigenvalue weighted by Crippen LogP contribution is -2.43. The minimum atomic E-state index is 0.813. The maximum Gasteiger partial charge on any atom is 0.179 e. The molecule has 16 heavy (non-hydrogen) atoms. The summed E-state index contributed by atoms with van der Waals surface area (Å²) >= 11 is 0. The lowest BCUT2D eigenvalue weighted by molar-refractivity contribution is 0.227. The van der Waals surface area contributed by atoms with E-state index in [2.05, 4.69) is 25.4 Å². The zero-order valence-electron chi connectivity index (χ0n) is 9.00. The maximum atomic E-state index is 4.20. The Morgan fingerprint density at radius 1 is 1.25 bits per heavy atom. The van der Waals surface area contributed by atoms with Gasteiger partial charge in [0, 0.05) is 38.6 Å². The second-order valence-electron chi connectivity index (χ2n) is 3.95. The first-order valence-corrected chi connectivity index (χ1v) is 5.50. The lowest BCUT2D eigenvalue weighted by atomic mass is 10.3. The first kappa shape index (κ1) is 9.68. The zero-order chi connectivity index (χ0) is 10.8. The maximum absolute atomic E-state index is 4.20. The molecule has 1 saturated heterocycles. The summed E-state index contributed by atoms with van der Waals surface area (Å²) in [6, 6.07) is 0. The van der Waals surface area contributed by atoms with Crippen molar-refractivity contribution in [2.24, 2.45) is 0 Å². The van der Waals surface area contributed by atoms with Gasteiger partial charge in [0.1, 0.15) is 0 Å². The molecule has 1 fully saturated rings. The minimum Gasteiger partial charge on any atom is -0.314 e. The average molecular weight is 218 g/mol. The van der Waals surface area contributed by atoms with E-state index in [1.165, 1.54) is 0 Å². The summed E-state index contributed by atoms with van der Waals surface area (Å²) in [5, 5.41) is 11.6. The summed E-state index contributed by atoms with van der Waals surface area (Å²) in [7, 11) is 0. The van der Waals surface area contributed by atoms with Crippen molar-refractivity contribution in [1.29, 1.82) is 0 Å². The normalized spacial score (nSPS) is 18.0. The molecular formula is C10H14N6. The molecule has 0 aliphatic carbocycles. The smallest absolute Gasteiger partial charge is 0.179 e. The van der Waals surface area contributed by atoms with Crippen molar-refractivity contribution in [2.75, 3.05) is 26.2 Å². The van der Waals surface area contributed by atoms with Gasteiger partial charge in [-0.3, -0.25) is 14.3 Å². The number of nitrogens with one attached hydrogen (secondary N) is 1. The van der Waals surface area contributed by atoms with Crippen LogP contribution >= 0.6 is 0 Å². The van der Waals surface area contributed by atoms with Crippen LogP contribution in [0.2, 0.25) is 0 Å². The van der Waals surface area contributed by atoms with Crippen LogP contribution in [-0.2, 0) is 6.54 Å². The van der Waals surface area contributed by atoms with Crippen molar-refractivity contribution < 1.29 is 0 Å². The van der Waals surface area contributed by atoms with E-state index < -0.39 is 0 Å². The van der Waals surface area contributed by atoms with Crippen molar-refractivity contribution in [3.63, 3.8) is 0 Å². The summed E-state index contributed by atoms with van der Waals surface area (Å²) in [6.07, 6.45) is 5.40. The highest BCUT2D eigenvalue weighted by Gasteiger charge is 2.13. The Balaban J connectivity index is 1.83. The minimum absolute atomic E-state index is 0.813. The zero-order valence-corrected chi connectivity index (χ0v) is 9.00. The molecule has 6 heteroatoms. The Morgan fingerprint density at radius 2 is 2.12 bits per heavy atom. The van der Waals surface area contributed by atoms with Gasteiger partial charge in [0.15, 0.2) is 11.5 Å². The van der Waals surface area contributed by atoms with Gasteiger partial charge in [-0.2, -0.15) is 0 Å². The van der Waals surface area contributed by atoms with Crippen LogP contribution in [-0.4, -0.2) is 50.7 Å². The van der Waals surface area contributed by atoms with Crippen LogP contribution in [0, 0.1) is 0 Å². The third kappa shape index (κ3) is 1.77. The average Bonchev–Trinajstić information content (AvgIpc) is 2.74. The van der Waals surface area contributed by atoms with Crippen molar-refractivity contribution in [1.82, 2.24) is 29.8 Å². The van der Waals surface area contributed by atoms with E-state index >= 15 is 0 Å². The summed E-state index contributed by atoms with van der Waals surface area (Å²) in [5.74, 6) is 0.985. The highest BCUT2D eigenvalue weighted by atomic mass is 15.3. The van der Waals surface area contributed by atoms with E-state index in [-0.39, 0.29) is 0 Å². The lowest BCUT2D eigenvalue weighted by Gasteiger charge is -2.26. The van der Waals surface area contributed by atoms with Crippen molar-refractivity contribution >= 4 is 5.65 Å². The van der Waals surface area contributed by atoms with Gasteiger partial charge in [0.25, 0.3) is 0 Å². The fraction of sp³-hybridized carbons (Fsp3) is 0.500. The molecule has 0 spiro atoms. The molecule has 6 nitrogen and oxygen atoms in total. The molecule has 84 valence electrons. The third-order valence-corrected chi connectivity index (χ3v) is 2.86. The van der Waals surface area contributed by atoms with Gasteiger partial charge in [-0.15, -0.1) is 10.2 Å². The van der Waals surface area contributed by atoms with Gasteiger partial charge in [-0.1, -0.05) is 0 Å². The number of piperazine rings is 1. The van der Waals surface area contributed by atoms with Gasteiger partial charge >= 0.3 is 0 Å². The Kier molecular flexibility index (Phi) is 2.51. The molecule has 0 aromatic carbocycles. The number of nitrogens with zero attached hydrogens (tertiary/aromatic N) is 5. The van der Waals surface area contributed by atoms with Crippen LogP contribution < -0.4 is 5.32 Å². The third-order valence-electron chi connectivity index (χ3n) is 2.86. The second-order valence-corrected chi connectivity index (χ2v) is 3.95. The van der Waals surface area contributed by atoms with E-state index in [9.17, 15) is 0 Å². The Morgan fingerprint density at radius 3 is 3.00 bits per heavy atom. The molecule has 2 aromatic heterocycles. The molecule has 0 unspecified atom stereocenters. The molecule has 0 saturated carbocycles. The molecule has 0 atom stereocenters. The number of aromatic nitrogens is 4. The first-order chi connectivity index (χ1) is 7.93. The number of hydrogen-bond acceptors (Lipinski definition) is 5. The van der Waals surface area contributed by atoms with E-state index in [1.807, 2.05) is 10.6 Å². The number of rotatable bonds is 2. The van der Waals surface area contributed by atoms with Crippen molar-refractivity contribution in [2.45, 2.75) is 6.54 Å². The van der Waals surface area contributed by atoms with E-state index in [0.29, 0.717) is 0 Å². The predicted molar refractivity (Wildman–Crippen MR) is 58.9 cm³/mol. The Hall–Kier alpha value is -1.53. The van der Waals surface area contributed by atoms with Gasteiger partial charge in [0.05, 0.1) is 12.7 Å². The monoisotopic (exact) mass is 218 g/mol. The molecule has 0 amide bonds. The van der Waals surface area contributed by atoms with Gasteiger partial charge in [-0.05, 0) is 0 Å². The second kappa shape index (κ2) is 4.15. The van der Waals surface area contributed by atoms with Crippen LogP contribution in [0.15, 0.2) is 18.6 Å². The van der Waals surface area contributed by atoms with Crippen LogP contribution in [0.4, 0.5) is 0 Å².